The Hall–Kier alpha value is -0.430. The predicted octanol–water partition coefficient (Wildman–Crippen LogP) is 2.54. The summed E-state index contributed by atoms with van der Waals surface area (Å²) >= 11 is 3.35. The van der Waals surface area contributed by atoms with E-state index in [0.717, 1.165) is 10.0 Å². The van der Waals surface area contributed by atoms with E-state index in [9.17, 15) is 13.5 Å². The van der Waals surface area contributed by atoms with Crippen LogP contribution < -0.4 is 0 Å². The minimum Gasteiger partial charge on any atom is -0.389 e. The molecule has 0 aliphatic rings. The Bertz CT molecular complexity index is 549. The highest BCUT2D eigenvalue weighted by atomic mass is 79.9. The van der Waals surface area contributed by atoms with Crippen molar-refractivity contribution < 1.29 is 13.5 Å². The summed E-state index contributed by atoms with van der Waals surface area (Å²) < 4.78 is 27.2. The smallest absolute Gasteiger partial charge is 0.243 e. The topological polar surface area (TPSA) is 57.6 Å². The van der Waals surface area contributed by atoms with Crippen molar-refractivity contribution in [3.63, 3.8) is 0 Å². The van der Waals surface area contributed by atoms with Crippen molar-refractivity contribution in [3.05, 3.63) is 28.2 Å². The third-order valence-electron chi connectivity index (χ3n) is 2.68. The fourth-order valence-corrected chi connectivity index (χ4v) is 3.66. The number of nitrogens with zero attached hydrogens (tertiary/aromatic N) is 1. The van der Waals surface area contributed by atoms with E-state index in [1.807, 2.05) is 6.92 Å². The third kappa shape index (κ3) is 4.27. The molecule has 4 nitrogen and oxygen atoms in total. The lowest BCUT2D eigenvalue weighted by Crippen LogP contribution is -2.42. The summed E-state index contributed by atoms with van der Waals surface area (Å²) in [6.07, 6.45) is 0. The second kappa shape index (κ2) is 5.91. The van der Waals surface area contributed by atoms with Crippen LogP contribution in [0.1, 0.15) is 26.3 Å². The predicted molar refractivity (Wildman–Crippen MR) is 79.6 cm³/mol. The molecule has 1 aromatic carbocycles. The van der Waals surface area contributed by atoms with Crippen LogP contribution in [0.3, 0.4) is 0 Å². The van der Waals surface area contributed by atoms with Crippen LogP contribution in [0.4, 0.5) is 0 Å². The second-order valence-electron chi connectivity index (χ2n) is 5.15. The molecule has 1 aromatic rings. The minimum absolute atomic E-state index is 0.0704. The molecular weight excluding hydrogens is 330 g/mol. The Morgan fingerprint density at radius 3 is 2.37 bits per heavy atom. The van der Waals surface area contributed by atoms with E-state index in [1.165, 1.54) is 4.31 Å². The zero-order valence-electron chi connectivity index (χ0n) is 11.6. The van der Waals surface area contributed by atoms with Gasteiger partial charge in [-0.2, -0.15) is 4.31 Å². The van der Waals surface area contributed by atoms with E-state index in [0.29, 0.717) is 6.54 Å². The number of halogens is 1. The monoisotopic (exact) mass is 349 g/mol. The number of hydrogen-bond acceptors (Lipinski definition) is 3. The Morgan fingerprint density at radius 1 is 1.37 bits per heavy atom. The molecule has 1 N–H and O–H groups in total. The average molecular weight is 350 g/mol. The van der Waals surface area contributed by atoms with E-state index >= 15 is 0 Å². The molecule has 0 unspecified atom stereocenters. The quantitative estimate of drug-likeness (QED) is 0.888. The first-order valence-electron chi connectivity index (χ1n) is 6.06. The molecule has 0 atom stereocenters. The van der Waals surface area contributed by atoms with Crippen LogP contribution in [0.15, 0.2) is 27.6 Å². The van der Waals surface area contributed by atoms with Gasteiger partial charge in [0.25, 0.3) is 0 Å². The largest absolute Gasteiger partial charge is 0.389 e. The van der Waals surface area contributed by atoms with Crippen LogP contribution in [-0.2, 0) is 10.0 Å². The van der Waals surface area contributed by atoms with Gasteiger partial charge in [0.2, 0.25) is 10.0 Å². The van der Waals surface area contributed by atoms with Crippen molar-refractivity contribution in [2.75, 3.05) is 13.1 Å². The number of hydrogen-bond donors (Lipinski definition) is 1. The van der Waals surface area contributed by atoms with Crippen LogP contribution in [0.2, 0.25) is 0 Å². The Balaban J connectivity index is 3.17. The standard InChI is InChI=1S/C13H20BrNO3S/c1-5-15(9-13(3,4)16)19(17,18)11-6-7-12(14)10(2)8-11/h6-8,16H,5,9H2,1-4H3. The molecule has 0 bridgehead atoms. The maximum atomic E-state index is 12.5. The van der Waals surface area contributed by atoms with Gasteiger partial charge in [-0.05, 0) is 44.5 Å². The van der Waals surface area contributed by atoms with Crippen LogP contribution in [0.5, 0.6) is 0 Å². The number of aliphatic hydroxyl groups is 1. The fraction of sp³-hybridized carbons (Fsp3) is 0.538. The number of aryl methyl sites for hydroxylation is 1. The number of likely N-dealkylation sites (N-methyl/N-ethyl adjacent to an activating group) is 1. The van der Waals surface area contributed by atoms with Crippen LogP contribution >= 0.6 is 15.9 Å². The first-order chi connectivity index (χ1) is 8.58. The summed E-state index contributed by atoms with van der Waals surface area (Å²) in [4.78, 5) is 0.249. The molecule has 0 aliphatic heterocycles. The zero-order chi connectivity index (χ0) is 14.8. The van der Waals surface area contributed by atoms with Crippen molar-refractivity contribution in [2.45, 2.75) is 38.2 Å². The van der Waals surface area contributed by atoms with Gasteiger partial charge in [-0.15, -0.1) is 0 Å². The van der Waals surface area contributed by atoms with E-state index in [-0.39, 0.29) is 11.4 Å². The third-order valence-corrected chi connectivity index (χ3v) is 5.49. The zero-order valence-corrected chi connectivity index (χ0v) is 14.0. The van der Waals surface area contributed by atoms with Gasteiger partial charge in [0.1, 0.15) is 0 Å². The SMILES string of the molecule is CCN(CC(C)(C)O)S(=O)(=O)c1ccc(Br)c(C)c1. The summed E-state index contributed by atoms with van der Waals surface area (Å²) in [6.45, 7) is 7.18. The van der Waals surface area contributed by atoms with Gasteiger partial charge in [0, 0.05) is 17.6 Å². The summed E-state index contributed by atoms with van der Waals surface area (Å²) in [6, 6.07) is 4.92. The van der Waals surface area contributed by atoms with Gasteiger partial charge in [-0.25, -0.2) is 8.42 Å². The molecule has 0 radical (unpaired) electrons. The molecule has 0 amide bonds. The Labute approximate surface area is 123 Å². The second-order valence-corrected chi connectivity index (χ2v) is 7.95. The van der Waals surface area contributed by atoms with Crippen molar-refractivity contribution in [1.82, 2.24) is 4.31 Å². The van der Waals surface area contributed by atoms with Crippen LogP contribution in [-0.4, -0.2) is 36.5 Å². The number of benzene rings is 1. The van der Waals surface area contributed by atoms with Crippen LogP contribution in [0, 0.1) is 6.92 Å². The summed E-state index contributed by atoms with van der Waals surface area (Å²) in [7, 11) is -3.57. The molecule has 0 fully saturated rings. The molecule has 1 rings (SSSR count). The van der Waals surface area contributed by atoms with Crippen molar-refractivity contribution in [3.8, 4) is 0 Å². The van der Waals surface area contributed by atoms with Crippen molar-refractivity contribution in [1.29, 1.82) is 0 Å². The minimum atomic E-state index is -3.57. The van der Waals surface area contributed by atoms with Crippen LogP contribution in [0.25, 0.3) is 0 Å². The Morgan fingerprint density at radius 2 is 1.95 bits per heavy atom. The highest BCUT2D eigenvalue weighted by Crippen LogP contribution is 2.23. The summed E-state index contributed by atoms with van der Waals surface area (Å²) in [5.41, 5.74) is -0.201. The fourth-order valence-electron chi connectivity index (χ4n) is 1.73. The normalized spacial score (nSPS) is 13.0. The average Bonchev–Trinajstić information content (AvgIpc) is 2.28. The molecule has 108 valence electrons. The van der Waals surface area contributed by atoms with Gasteiger partial charge >= 0.3 is 0 Å². The maximum Gasteiger partial charge on any atom is 0.243 e. The molecule has 0 aliphatic carbocycles. The molecule has 6 heteroatoms. The molecular formula is C13H20BrNO3S. The first-order valence-corrected chi connectivity index (χ1v) is 8.30. The Kier molecular flexibility index (Phi) is 5.17. The lowest BCUT2D eigenvalue weighted by atomic mass is 10.1. The van der Waals surface area contributed by atoms with E-state index in [1.54, 1.807) is 39.0 Å². The summed E-state index contributed by atoms with van der Waals surface area (Å²) in [5, 5.41) is 9.81. The maximum absolute atomic E-state index is 12.5. The van der Waals surface area contributed by atoms with Gasteiger partial charge in [0.05, 0.1) is 10.5 Å². The van der Waals surface area contributed by atoms with Gasteiger partial charge in [-0.3, -0.25) is 0 Å². The highest BCUT2D eigenvalue weighted by Gasteiger charge is 2.28. The van der Waals surface area contributed by atoms with Crippen molar-refractivity contribution in [2.24, 2.45) is 0 Å². The molecule has 19 heavy (non-hydrogen) atoms. The number of rotatable bonds is 5. The molecule has 0 saturated heterocycles. The molecule has 0 spiro atoms. The van der Waals surface area contributed by atoms with Crippen molar-refractivity contribution >= 4 is 26.0 Å². The van der Waals surface area contributed by atoms with E-state index in [4.69, 9.17) is 0 Å². The van der Waals surface area contributed by atoms with E-state index in [2.05, 4.69) is 15.9 Å². The van der Waals surface area contributed by atoms with Gasteiger partial charge in [0.15, 0.2) is 0 Å². The molecule has 0 aromatic heterocycles. The molecule has 0 heterocycles. The first kappa shape index (κ1) is 16.6. The highest BCUT2D eigenvalue weighted by molar-refractivity contribution is 9.10. The van der Waals surface area contributed by atoms with Gasteiger partial charge < -0.3 is 5.11 Å². The molecule has 0 saturated carbocycles. The lowest BCUT2D eigenvalue weighted by molar-refractivity contribution is 0.0601. The van der Waals surface area contributed by atoms with Gasteiger partial charge in [-0.1, -0.05) is 22.9 Å². The lowest BCUT2D eigenvalue weighted by Gasteiger charge is -2.27. The summed E-state index contributed by atoms with van der Waals surface area (Å²) in [5.74, 6) is 0. The van der Waals surface area contributed by atoms with E-state index < -0.39 is 15.6 Å². The number of sulfonamides is 1.